The van der Waals surface area contributed by atoms with E-state index in [1.165, 1.54) is 0 Å². The predicted molar refractivity (Wildman–Crippen MR) is 143 cm³/mol. The van der Waals surface area contributed by atoms with E-state index in [1.54, 1.807) is 25.6 Å². The Morgan fingerprint density at radius 3 is 2.49 bits per heavy atom. The minimum Gasteiger partial charge on any atom is -0.493 e. The number of ketones is 1. The van der Waals surface area contributed by atoms with Crippen LogP contribution in [0.3, 0.4) is 0 Å². The standard InChI is InChI=1S/C30H29NO5S/c1-18-27(30(33)36-17-19-8-5-4-6-9-19)29(26-10-7-13-37-26)28-22(31-18)14-21(15-23(28)32)20-11-12-24(34-2)25(16-20)35-3/h4-13,16,21,27,29H,14-15,17H2,1-3H3. The summed E-state index contributed by atoms with van der Waals surface area (Å²) in [6, 6.07) is 19.3. The Balaban J connectivity index is 1.46. The van der Waals surface area contributed by atoms with Crippen molar-refractivity contribution in [2.45, 2.75) is 38.2 Å². The van der Waals surface area contributed by atoms with Gasteiger partial charge < -0.3 is 14.2 Å². The maximum Gasteiger partial charge on any atom is 0.316 e. The van der Waals surface area contributed by atoms with Crippen LogP contribution in [-0.2, 0) is 20.9 Å². The molecule has 2 aliphatic rings. The predicted octanol–water partition coefficient (Wildman–Crippen LogP) is 6.08. The van der Waals surface area contributed by atoms with Gasteiger partial charge in [0.1, 0.15) is 12.5 Å². The average Bonchev–Trinajstić information content (AvgIpc) is 3.46. The molecule has 37 heavy (non-hydrogen) atoms. The van der Waals surface area contributed by atoms with E-state index < -0.39 is 11.8 Å². The molecule has 0 bridgehead atoms. The summed E-state index contributed by atoms with van der Waals surface area (Å²) in [6.07, 6.45) is 0.956. The van der Waals surface area contributed by atoms with Gasteiger partial charge in [0.25, 0.3) is 0 Å². The zero-order valence-electron chi connectivity index (χ0n) is 21.1. The molecule has 0 radical (unpaired) electrons. The van der Waals surface area contributed by atoms with Crippen molar-refractivity contribution in [1.29, 1.82) is 0 Å². The van der Waals surface area contributed by atoms with Gasteiger partial charge in [0.05, 0.1) is 14.2 Å². The van der Waals surface area contributed by atoms with Crippen molar-refractivity contribution in [1.82, 2.24) is 0 Å². The van der Waals surface area contributed by atoms with Gasteiger partial charge in [0.15, 0.2) is 17.3 Å². The van der Waals surface area contributed by atoms with Crippen LogP contribution >= 0.6 is 11.3 Å². The molecule has 1 aromatic heterocycles. The fraction of sp³-hybridized carbons (Fsp3) is 0.300. The molecule has 0 fully saturated rings. The monoisotopic (exact) mass is 515 g/mol. The van der Waals surface area contributed by atoms with Crippen LogP contribution in [0.4, 0.5) is 0 Å². The lowest BCUT2D eigenvalue weighted by Gasteiger charge is -2.36. The molecule has 3 atom stereocenters. The fourth-order valence-corrected chi connectivity index (χ4v) is 6.17. The van der Waals surface area contributed by atoms with Gasteiger partial charge in [-0.25, -0.2) is 0 Å². The molecule has 0 saturated carbocycles. The van der Waals surface area contributed by atoms with E-state index in [4.69, 9.17) is 19.2 Å². The van der Waals surface area contributed by atoms with E-state index in [0.29, 0.717) is 35.6 Å². The van der Waals surface area contributed by atoms with Crippen molar-refractivity contribution in [3.8, 4) is 11.5 Å². The highest BCUT2D eigenvalue weighted by molar-refractivity contribution is 7.10. The van der Waals surface area contributed by atoms with Gasteiger partial charge in [-0.1, -0.05) is 42.5 Å². The lowest BCUT2D eigenvalue weighted by Crippen LogP contribution is -2.37. The van der Waals surface area contributed by atoms with Crippen molar-refractivity contribution >= 4 is 28.8 Å². The Kier molecular flexibility index (Phi) is 7.24. The van der Waals surface area contributed by atoms with Crippen molar-refractivity contribution in [2.24, 2.45) is 10.9 Å². The first-order valence-corrected chi connectivity index (χ1v) is 13.2. The molecule has 0 N–H and O–H groups in total. The number of hydrogen-bond donors (Lipinski definition) is 0. The van der Waals surface area contributed by atoms with E-state index in [0.717, 1.165) is 21.7 Å². The summed E-state index contributed by atoms with van der Waals surface area (Å²) < 4.78 is 16.6. The molecular weight excluding hydrogens is 486 g/mol. The summed E-state index contributed by atoms with van der Waals surface area (Å²) in [5, 5.41) is 1.97. The van der Waals surface area contributed by atoms with Crippen LogP contribution < -0.4 is 9.47 Å². The summed E-state index contributed by atoms with van der Waals surface area (Å²) in [6.45, 7) is 2.05. The average molecular weight is 516 g/mol. The smallest absolute Gasteiger partial charge is 0.316 e. The largest absolute Gasteiger partial charge is 0.493 e. The quantitative estimate of drug-likeness (QED) is 0.356. The maximum atomic E-state index is 13.7. The summed E-state index contributed by atoms with van der Waals surface area (Å²) in [5.74, 6) is -0.116. The number of hydrogen-bond acceptors (Lipinski definition) is 7. The summed E-state index contributed by atoms with van der Waals surface area (Å²) in [4.78, 5) is 33.0. The number of ether oxygens (including phenoxy) is 3. The van der Waals surface area contributed by atoms with E-state index in [2.05, 4.69) is 0 Å². The third-order valence-electron chi connectivity index (χ3n) is 7.10. The lowest BCUT2D eigenvalue weighted by atomic mass is 9.71. The highest BCUT2D eigenvalue weighted by Crippen LogP contribution is 2.48. The first-order valence-electron chi connectivity index (χ1n) is 12.3. The van der Waals surface area contributed by atoms with Crippen molar-refractivity contribution in [3.63, 3.8) is 0 Å². The molecule has 0 saturated heterocycles. The van der Waals surface area contributed by atoms with Crippen LogP contribution in [0, 0.1) is 5.92 Å². The number of thiophene rings is 1. The molecule has 3 aromatic rings. The zero-order chi connectivity index (χ0) is 25.9. The number of Topliss-reactive ketones (excluding diaryl/α,β-unsaturated/α-hetero) is 1. The Labute approximate surface area is 220 Å². The topological polar surface area (TPSA) is 74.2 Å². The Morgan fingerprint density at radius 2 is 1.78 bits per heavy atom. The first-order chi connectivity index (χ1) is 18.0. The minimum atomic E-state index is -0.636. The summed E-state index contributed by atoms with van der Waals surface area (Å²) in [5.41, 5.74) is 4.00. The number of benzene rings is 2. The van der Waals surface area contributed by atoms with Crippen molar-refractivity contribution in [2.75, 3.05) is 14.2 Å². The Bertz CT molecular complexity index is 1360. The van der Waals surface area contributed by atoms with Gasteiger partial charge in [-0.3, -0.25) is 14.6 Å². The van der Waals surface area contributed by atoms with E-state index in [1.807, 2.05) is 73.0 Å². The van der Waals surface area contributed by atoms with Gasteiger partial charge in [0, 0.05) is 34.2 Å². The highest BCUT2D eigenvalue weighted by atomic mass is 32.1. The molecule has 1 aliphatic carbocycles. The van der Waals surface area contributed by atoms with Gasteiger partial charge >= 0.3 is 5.97 Å². The van der Waals surface area contributed by atoms with Crippen molar-refractivity contribution in [3.05, 3.63) is 93.3 Å². The number of esters is 1. The van der Waals surface area contributed by atoms with Crippen LogP contribution in [0.1, 0.15) is 47.6 Å². The van der Waals surface area contributed by atoms with E-state index in [9.17, 15) is 9.59 Å². The van der Waals surface area contributed by atoms with E-state index >= 15 is 0 Å². The lowest BCUT2D eigenvalue weighted by molar-refractivity contribution is -0.147. The molecule has 0 spiro atoms. The van der Waals surface area contributed by atoms with Crippen LogP contribution in [0.5, 0.6) is 11.5 Å². The fourth-order valence-electron chi connectivity index (χ4n) is 5.30. The first kappa shape index (κ1) is 25.0. The number of rotatable bonds is 7. The number of allylic oxidation sites excluding steroid dienone is 2. The number of nitrogens with zero attached hydrogens (tertiary/aromatic N) is 1. The third kappa shape index (κ3) is 4.96. The van der Waals surface area contributed by atoms with Crippen LogP contribution in [0.25, 0.3) is 0 Å². The molecule has 7 heteroatoms. The van der Waals surface area contributed by atoms with Crippen molar-refractivity contribution < 1.29 is 23.8 Å². The number of aliphatic imine (C=N–C) groups is 1. The number of carbonyl (C=O) groups excluding carboxylic acids is 2. The van der Waals surface area contributed by atoms with Gasteiger partial charge in [-0.15, -0.1) is 11.3 Å². The van der Waals surface area contributed by atoms with E-state index in [-0.39, 0.29) is 24.3 Å². The minimum absolute atomic E-state index is 0.0246. The second-order valence-electron chi connectivity index (χ2n) is 9.32. The van der Waals surface area contributed by atoms with Gasteiger partial charge in [0.2, 0.25) is 0 Å². The molecule has 0 amide bonds. The molecule has 2 aromatic carbocycles. The maximum absolute atomic E-state index is 13.7. The number of carbonyl (C=O) groups is 2. The zero-order valence-corrected chi connectivity index (χ0v) is 21.9. The van der Waals surface area contributed by atoms with Gasteiger partial charge in [-0.2, -0.15) is 0 Å². The number of methoxy groups -OCH3 is 2. The second kappa shape index (κ2) is 10.7. The highest BCUT2D eigenvalue weighted by Gasteiger charge is 2.45. The third-order valence-corrected chi connectivity index (χ3v) is 8.05. The molecule has 2 heterocycles. The Morgan fingerprint density at radius 1 is 1.00 bits per heavy atom. The second-order valence-corrected chi connectivity index (χ2v) is 10.3. The molecule has 5 rings (SSSR count). The molecule has 190 valence electrons. The van der Waals surface area contributed by atoms with Crippen LogP contribution in [0.15, 0.2) is 82.3 Å². The summed E-state index contributed by atoms with van der Waals surface area (Å²) >= 11 is 1.55. The van der Waals surface area contributed by atoms with Gasteiger partial charge in [-0.05, 0) is 54.0 Å². The SMILES string of the molecule is COc1ccc(C2CC(=O)C3=C(C2)N=C(C)C(C(=O)OCc2ccccc2)C3c2cccs2)cc1OC. The summed E-state index contributed by atoms with van der Waals surface area (Å²) in [7, 11) is 3.20. The molecule has 1 aliphatic heterocycles. The van der Waals surface area contributed by atoms with Crippen LogP contribution in [-0.4, -0.2) is 31.7 Å². The molecule has 6 nitrogen and oxygen atoms in total. The Hall–Kier alpha value is -3.71. The molecule has 3 unspecified atom stereocenters. The molecular formula is C30H29NO5S. The normalized spacial score (nSPS) is 21.2. The van der Waals surface area contributed by atoms with Crippen LogP contribution in [0.2, 0.25) is 0 Å².